The zero-order valence-electron chi connectivity index (χ0n) is 12.5. The van der Waals surface area contributed by atoms with E-state index < -0.39 is 0 Å². The summed E-state index contributed by atoms with van der Waals surface area (Å²) in [6, 6.07) is 6.30. The molecule has 0 N–H and O–H groups in total. The minimum Gasteiger partial charge on any atom is -0.462 e. The van der Waals surface area contributed by atoms with Crippen LogP contribution in [-0.4, -0.2) is 24.6 Å². The molecule has 0 amide bonds. The molecule has 0 aliphatic heterocycles. The van der Waals surface area contributed by atoms with Crippen LogP contribution in [0, 0.1) is 5.92 Å². The maximum atomic E-state index is 11.9. The van der Waals surface area contributed by atoms with Crippen molar-refractivity contribution in [1.29, 1.82) is 0 Å². The second-order valence-electron chi connectivity index (χ2n) is 5.14. The normalized spacial score (nSPS) is 12.1. The van der Waals surface area contributed by atoms with E-state index in [9.17, 15) is 9.59 Å². The number of hydrogen-bond donors (Lipinski definition) is 0. The smallest absolute Gasteiger partial charge is 0.338 e. The molecule has 4 heteroatoms. The molecule has 1 aromatic carbocycles. The van der Waals surface area contributed by atoms with Crippen LogP contribution in [0.2, 0.25) is 0 Å². The molecule has 1 aromatic rings. The largest absolute Gasteiger partial charge is 0.462 e. The predicted molar refractivity (Wildman–Crippen MR) is 76.7 cm³/mol. The second kappa shape index (κ2) is 7.68. The van der Waals surface area contributed by atoms with Crippen molar-refractivity contribution in [3.05, 3.63) is 35.4 Å². The minimum absolute atomic E-state index is 0.118. The van der Waals surface area contributed by atoms with Gasteiger partial charge in [-0.1, -0.05) is 13.8 Å². The molecule has 0 saturated heterocycles. The molecule has 110 valence electrons. The Morgan fingerprint density at radius 2 is 1.50 bits per heavy atom. The van der Waals surface area contributed by atoms with Crippen molar-refractivity contribution in [3.63, 3.8) is 0 Å². The highest BCUT2D eigenvalue weighted by molar-refractivity contribution is 5.93. The fraction of sp³-hybridized carbons (Fsp3) is 0.500. The zero-order valence-corrected chi connectivity index (χ0v) is 12.5. The van der Waals surface area contributed by atoms with E-state index in [1.807, 2.05) is 6.92 Å². The Morgan fingerprint density at radius 3 is 1.95 bits per heavy atom. The molecule has 20 heavy (non-hydrogen) atoms. The van der Waals surface area contributed by atoms with Gasteiger partial charge < -0.3 is 9.47 Å². The number of esters is 2. The first-order chi connectivity index (χ1) is 9.43. The van der Waals surface area contributed by atoms with Crippen LogP contribution in [0.15, 0.2) is 24.3 Å². The lowest BCUT2D eigenvalue weighted by Crippen LogP contribution is -2.17. The molecule has 0 aliphatic carbocycles. The second-order valence-corrected chi connectivity index (χ2v) is 5.14. The molecule has 1 atom stereocenters. The fourth-order valence-electron chi connectivity index (χ4n) is 1.92. The quantitative estimate of drug-likeness (QED) is 0.748. The average Bonchev–Trinajstić information content (AvgIpc) is 2.38. The summed E-state index contributed by atoms with van der Waals surface area (Å²) in [4.78, 5) is 23.4. The molecule has 0 spiro atoms. The first-order valence-electron chi connectivity index (χ1n) is 6.92. The third-order valence-corrected chi connectivity index (χ3v) is 2.74. The Kier molecular flexibility index (Phi) is 6.22. The van der Waals surface area contributed by atoms with E-state index >= 15 is 0 Å². The number of benzene rings is 1. The van der Waals surface area contributed by atoms with Crippen LogP contribution in [0.25, 0.3) is 0 Å². The van der Waals surface area contributed by atoms with E-state index in [2.05, 4.69) is 13.8 Å². The summed E-state index contributed by atoms with van der Waals surface area (Å²) < 4.78 is 10.2. The zero-order chi connectivity index (χ0) is 15.1. The van der Waals surface area contributed by atoms with Crippen molar-refractivity contribution < 1.29 is 19.1 Å². The van der Waals surface area contributed by atoms with Crippen molar-refractivity contribution in [2.45, 2.75) is 40.2 Å². The maximum Gasteiger partial charge on any atom is 0.338 e. The molecule has 0 aromatic heterocycles. The highest BCUT2D eigenvalue weighted by Crippen LogP contribution is 2.12. The predicted octanol–water partition coefficient (Wildman–Crippen LogP) is 3.45. The summed E-state index contributed by atoms with van der Waals surface area (Å²) in [6.07, 6.45) is 0.708. The van der Waals surface area contributed by atoms with Gasteiger partial charge in [0, 0.05) is 0 Å². The summed E-state index contributed by atoms with van der Waals surface area (Å²) in [6.45, 7) is 8.12. The van der Waals surface area contributed by atoms with Gasteiger partial charge in [-0.3, -0.25) is 0 Å². The van der Waals surface area contributed by atoms with E-state index in [-0.39, 0.29) is 18.0 Å². The third kappa shape index (κ3) is 5.03. The Bertz CT molecular complexity index is 448. The van der Waals surface area contributed by atoms with Crippen LogP contribution in [-0.2, 0) is 9.47 Å². The van der Waals surface area contributed by atoms with Crippen LogP contribution < -0.4 is 0 Å². The minimum atomic E-state index is -0.388. The summed E-state index contributed by atoms with van der Waals surface area (Å²) in [5, 5.41) is 0. The van der Waals surface area contributed by atoms with Gasteiger partial charge in [0.05, 0.1) is 23.8 Å². The number of carbonyl (C=O) groups excluding carboxylic acids is 2. The lowest BCUT2D eigenvalue weighted by Gasteiger charge is -2.15. The van der Waals surface area contributed by atoms with Gasteiger partial charge in [-0.05, 0) is 50.5 Å². The SMILES string of the molecule is CCOC(=O)c1ccc(C(=O)OC(C)CC(C)C)cc1. The molecule has 0 bridgehead atoms. The highest BCUT2D eigenvalue weighted by atomic mass is 16.5. The molecule has 0 heterocycles. The molecular formula is C16H22O4. The monoisotopic (exact) mass is 278 g/mol. The van der Waals surface area contributed by atoms with Crippen LogP contribution >= 0.6 is 0 Å². The van der Waals surface area contributed by atoms with E-state index in [1.165, 1.54) is 0 Å². The molecule has 1 unspecified atom stereocenters. The van der Waals surface area contributed by atoms with Crippen LogP contribution in [0.1, 0.15) is 54.8 Å². The summed E-state index contributed by atoms with van der Waals surface area (Å²) in [5.41, 5.74) is 0.868. The number of ether oxygens (including phenoxy) is 2. The molecule has 4 nitrogen and oxygen atoms in total. The number of rotatable bonds is 6. The van der Waals surface area contributed by atoms with Gasteiger partial charge in [-0.15, -0.1) is 0 Å². The van der Waals surface area contributed by atoms with Gasteiger partial charge in [-0.2, -0.15) is 0 Å². The average molecular weight is 278 g/mol. The summed E-state index contributed by atoms with van der Waals surface area (Å²) in [7, 11) is 0. The third-order valence-electron chi connectivity index (χ3n) is 2.74. The molecule has 0 fully saturated rings. The van der Waals surface area contributed by atoms with Gasteiger partial charge in [0.15, 0.2) is 0 Å². The van der Waals surface area contributed by atoms with Crippen LogP contribution in [0.3, 0.4) is 0 Å². The van der Waals surface area contributed by atoms with Crippen molar-refractivity contribution in [2.75, 3.05) is 6.61 Å². The van der Waals surface area contributed by atoms with E-state index in [4.69, 9.17) is 9.47 Å². The van der Waals surface area contributed by atoms with E-state index in [1.54, 1.807) is 31.2 Å². The topological polar surface area (TPSA) is 52.6 Å². The van der Waals surface area contributed by atoms with E-state index in [0.717, 1.165) is 6.42 Å². The van der Waals surface area contributed by atoms with E-state index in [0.29, 0.717) is 23.7 Å². The van der Waals surface area contributed by atoms with Gasteiger partial charge in [0.1, 0.15) is 0 Å². The van der Waals surface area contributed by atoms with Crippen molar-refractivity contribution in [2.24, 2.45) is 5.92 Å². The first kappa shape index (κ1) is 16.2. The summed E-state index contributed by atoms with van der Waals surface area (Å²) >= 11 is 0. The first-order valence-corrected chi connectivity index (χ1v) is 6.92. The van der Waals surface area contributed by atoms with Gasteiger partial charge >= 0.3 is 11.9 Å². The van der Waals surface area contributed by atoms with Crippen molar-refractivity contribution >= 4 is 11.9 Å². The molecular weight excluding hydrogens is 256 g/mol. The molecule has 0 aliphatic rings. The molecule has 0 radical (unpaired) electrons. The summed E-state index contributed by atoms with van der Waals surface area (Å²) in [5.74, 6) is -0.279. The number of hydrogen-bond acceptors (Lipinski definition) is 4. The lowest BCUT2D eigenvalue weighted by atomic mass is 10.1. The molecule has 1 rings (SSSR count). The Hall–Kier alpha value is -1.84. The Balaban J connectivity index is 2.64. The highest BCUT2D eigenvalue weighted by Gasteiger charge is 2.14. The Morgan fingerprint density at radius 1 is 1.00 bits per heavy atom. The standard InChI is InChI=1S/C16H22O4/c1-5-19-15(17)13-6-8-14(9-7-13)16(18)20-12(4)10-11(2)3/h6-9,11-12H,5,10H2,1-4H3. The van der Waals surface area contributed by atoms with Crippen LogP contribution in [0.4, 0.5) is 0 Å². The van der Waals surface area contributed by atoms with Crippen LogP contribution in [0.5, 0.6) is 0 Å². The van der Waals surface area contributed by atoms with Gasteiger partial charge in [0.2, 0.25) is 0 Å². The van der Waals surface area contributed by atoms with Crippen molar-refractivity contribution in [3.8, 4) is 0 Å². The fourth-order valence-corrected chi connectivity index (χ4v) is 1.92. The number of carbonyl (C=O) groups is 2. The maximum absolute atomic E-state index is 11.9. The lowest BCUT2D eigenvalue weighted by molar-refractivity contribution is 0.0298. The van der Waals surface area contributed by atoms with Gasteiger partial charge in [-0.25, -0.2) is 9.59 Å². The van der Waals surface area contributed by atoms with Gasteiger partial charge in [0.25, 0.3) is 0 Å². The van der Waals surface area contributed by atoms with Crippen molar-refractivity contribution in [1.82, 2.24) is 0 Å². The molecule has 0 saturated carbocycles. The Labute approximate surface area is 120 Å².